The van der Waals surface area contributed by atoms with Crippen molar-refractivity contribution in [2.24, 2.45) is 17.8 Å². The lowest BCUT2D eigenvalue weighted by Crippen LogP contribution is -2.28. The highest BCUT2D eigenvalue weighted by Gasteiger charge is 2.44. The highest BCUT2D eigenvalue weighted by atomic mass is 16.5. The maximum Gasteiger partial charge on any atom is 0.338 e. The minimum atomic E-state index is -0.196. The minimum absolute atomic E-state index is 0.0407. The summed E-state index contributed by atoms with van der Waals surface area (Å²) in [6.07, 6.45) is 5.66. The summed E-state index contributed by atoms with van der Waals surface area (Å²) in [4.78, 5) is 12.4. The molecule has 1 saturated carbocycles. The topological polar surface area (TPSA) is 26.3 Å². The smallest absolute Gasteiger partial charge is 0.338 e. The number of ether oxygens (including phenoxy) is 1. The lowest BCUT2D eigenvalue weighted by Gasteiger charge is -2.24. The second-order valence-electron chi connectivity index (χ2n) is 6.24. The summed E-state index contributed by atoms with van der Waals surface area (Å²) in [5.74, 6) is 1.24. The lowest BCUT2D eigenvalue weighted by atomic mass is 9.93. The molecule has 2 aromatic carbocycles. The van der Waals surface area contributed by atoms with E-state index >= 15 is 0 Å². The summed E-state index contributed by atoms with van der Waals surface area (Å²) in [6.45, 7) is 2.19. The Kier molecular flexibility index (Phi) is 2.85. The highest BCUT2D eigenvalue weighted by molar-refractivity contribution is 5.95. The molecule has 4 rings (SSSR count). The number of hydrogen-bond acceptors (Lipinski definition) is 2. The molecule has 0 amide bonds. The van der Waals surface area contributed by atoms with E-state index in [1.54, 1.807) is 0 Å². The minimum Gasteiger partial charge on any atom is -0.458 e. The second kappa shape index (κ2) is 4.73. The molecular formula is C19H18O2. The lowest BCUT2D eigenvalue weighted by molar-refractivity contribution is 0.0122. The molecule has 4 unspecified atom stereocenters. The van der Waals surface area contributed by atoms with Crippen LogP contribution in [0.5, 0.6) is 0 Å². The van der Waals surface area contributed by atoms with Gasteiger partial charge in [-0.3, -0.25) is 0 Å². The first-order chi connectivity index (χ1) is 10.2. The van der Waals surface area contributed by atoms with Crippen molar-refractivity contribution in [2.75, 3.05) is 0 Å². The Labute approximate surface area is 124 Å². The Morgan fingerprint density at radius 2 is 1.81 bits per heavy atom. The van der Waals surface area contributed by atoms with Gasteiger partial charge in [-0.15, -0.1) is 0 Å². The maximum absolute atomic E-state index is 12.4. The quantitative estimate of drug-likeness (QED) is 0.607. The normalized spacial score (nSPS) is 30.0. The van der Waals surface area contributed by atoms with E-state index in [9.17, 15) is 4.79 Å². The van der Waals surface area contributed by atoms with Crippen molar-refractivity contribution < 1.29 is 9.53 Å². The van der Waals surface area contributed by atoms with Crippen LogP contribution in [0.15, 0.2) is 54.6 Å². The first-order valence-corrected chi connectivity index (χ1v) is 7.60. The van der Waals surface area contributed by atoms with Gasteiger partial charge in [-0.25, -0.2) is 4.79 Å². The Bertz CT molecular complexity index is 731. The van der Waals surface area contributed by atoms with Crippen molar-refractivity contribution in [1.29, 1.82) is 0 Å². The van der Waals surface area contributed by atoms with Gasteiger partial charge in [-0.1, -0.05) is 49.4 Å². The van der Waals surface area contributed by atoms with Crippen LogP contribution in [0.25, 0.3) is 10.8 Å². The Hall–Kier alpha value is -2.09. The van der Waals surface area contributed by atoms with Gasteiger partial charge in [0.2, 0.25) is 0 Å². The number of hydrogen-bond donors (Lipinski definition) is 0. The van der Waals surface area contributed by atoms with Gasteiger partial charge >= 0.3 is 5.97 Å². The number of benzene rings is 2. The third kappa shape index (κ3) is 2.06. The van der Waals surface area contributed by atoms with E-state index in [0.717, 1.165) is 17.2 Å². The predicted octanol–water partition coefficient (Wildman–Crippen LogP) is 4.21. The number of allylic oxidation sites excluding steroid dienone is 1. The van der Waals surface area contributed by atoms with Crippen LogP contribution in [-0.4, -0.2) is 12.1 Å². The Morgan fingerprint density at radius 1 is 1.05 bits per heavy atom. The van der Waals surface area contributed by atoms with Gasteiger partial charge in [0.15, 0.2) is 0 Å². The standard InChI is InChI=1S/C19H18O2/c1-12-14-7-8-16(10-14)18(12)21-19(20)17-9-6-13-4-2-3-5-15(13)11-17/h2-9,11-12,14,16,18H,10H2,1H3. The molecule has 2 nitrogen and oxygen atoms in total. The summed E-state index contributed by atoms with van der Waals surface area (Å²) in [5, 5.41) is 2.22. The Balaban J connectivity index is 1.58. The van der Waals surface area contributed by atoms with Gasteiger partial charge in [0.25, 0.3) is 0 Å². The Morgan fingerprint density at radius 3 is 2.57 bits per heavy atom. The predicted molar refractivity (Wildman–Crippen MR) is 83.1 cm³/mol. The summed E-state index contributed by atoms with van der Waals surface area (Å²) < 4.78 is 5.80. The van der Waals surface area contributed by atoms with Gasteiger partial charge < -0.3 is 4.74 Å². The number of carbonyl (C=O) groups is 1. The van der Waals surface area contributed by atoms with Crippen LogP contribution < -0.4 is 0 Å². The number of rotatable bonds is 2. The molecular weight excluding hydrogens is 260 g/mol. The van der Waals surface area contributed by atoms with Crippen LogP contribution >= 0.6 is 0 Å². The SMILES string of the molecule is CC1C2C=CC(C2)C1OC(=O)c1ccc2ccccc2c1. The van der Waals surface area contributed by atoms with Crippen molar-refractivity contribution in [3.05, 3.63) is 60.2 Å². The average molecular weight is 278 g/mol. The van der Waals surface area contributed by atoms with Crippen LogP contribution in [0.3, 0.4) is 0 Å². The third-order valence-corrected chi connectivity index (χ3v) is 4.99. The molecule has 0 spiro atoms. The van der Waals surface area contributed by atoms with E-state index in [4.69, 9.17) is 4.74 Å². The molecule has 0 saturated heterocycles. The second-order valence-corrected chi connectivity index (χ2v) is 6.24. The van der Waals surface area contributed by atoms with Crippen LogP contribution in [-0.2, 0) is 4.74 Å². The van der Waals surface area contributed by atoms with Crippen LogP contribution in [0.2, 0.25) is 0 Å². The molecule has 21 heavy (non-hydrogen) atoms. The van der Waals surface area contributed by atoms with Gasteiger partial charge in [0, 0.05) is 11.8 Å². The molecule has 0 aliphatic heterocycles. The summed E-state index contributed by atoms with van der Waals surface area (Å²) >= 11 is 0. The maximum atomic E-state index is 12.4. The highest BCUT2D eigenvalue weighted by Crippen LogP contribution is 2.45. The molecule has 2 aromatic rings. The molecule has 2 bridgehead atoms. The average Bonchev–Trinajstić information content (AvgIpc) is 3.10. The monoisotopic (exact) mass is 278 g/mol. The zero-order valence-corrected chi connectivity index (χ0v) is 12.0. The summed E-state index contributed by atoms with van der Waals surface area (Å²) in [6, 6.07) is 13.8. The summed E-state index contributed by atoms with van der Waals surface area (Å²) in [5.41, 5.74) is 0.646. The first kappa shape index (κ1) is 12.6. The molecule has 0 aromatic heterocycles. The van der Waals surface area contributed by atoms with E-state index < -0.39 is 0 Å². The fraction of sp³-hybridized carbons (Fsp3) is 0.316. The van der Waals surface area contributed by atoms with E-state index in [1.807, 2.05) is 42.5 Å². The third-order valence-electron chi connectivity index (χ3n) is 4.99. The molecule has 0 radical (unpaired) electrons. The molecule has 4 atom stereocenters. The van der Waals surface area contributed by atoms with Crippen LogP contribution in [0.4, 0.5) is 0 Å². The van der Waals surface area contributed by atoms with Crippen molar-refractivity contribution >= 4 is 16.7 Å². The molecule has 0 heterocycles. The van der Waals surface area contributed by atoms with Crippen LogP contribution in [0.1, 0.15) is 23.7 Å². The van der Waals surface area contributed by atoms with Crippen molar-refractivity contribution in [3.8, 4) is 0 Å². The van der Waals surface area contributed by atoms with Crippen molar-refractivity contribution in [3.63, 3.8) is 0 Å². The number of esters is 1. The fourth-order valence-electron chi connectivity index (χ4n) is 3.73. The fourth-order valence-corrected chi connectivity index (χ4v) is 3.73. The van der Waals surface area contributed by atoms with Crippen molar-refractivity contribution in [1.82, 2.24) is 0 Å². The molecule has 0 N–H and O–H groups in total. The van der Waals surface area contributed by atoms with E-state index in [2.05, 4.69) is 19.1 Å². The van der Waals surface area contributed by atoms with E-state index in [-0.39, 0.29) is 12.1 Å². The van der Waals surface area contributed by atoms with Crippen LogP contribution in [0, 0.1) is 17.8 Å². The zero-order chi connectivity index (χ0) is 14.4. The molecule has 2 aliphatic rings. The molecule has 2 aliphatic carbocycles. The zero-order valence-electron chi connectivity index (χ0n) is 12.0. The van der Waals surface area contributed by atoms with Gasteiger partial charge in [0.1, 0.15) is 6.10 Å². The van der Waals surface area contributed by atoms with Gasteiger partial charge in [0.05, 0.1) is 5.56 Å². The molecule has 1 fully saturated rings. The molecule has 2 heteroatoms. The van der Waals surface area contributed by atoms with Crippen molar-refractivity contribution in [2.45, 2.75) is 19.4 Å². The number of carbonyl (C=O) groups excluding carboxylic acids is 1. The van der Waals surface area contributed by atoms with E-state index in [1.165, 1.54) is 0 Å². The van der Waals surface area contributed by atoms with Gasteiger partial charge in [-0.2, -0.15) is 0 Å². The largest absolute Gasteiger partial charge is 0.458 e. The first-order valence-electron chi connectivity index (χ1n) is 7.60. The number of fused-ring (bicyclic) bond motifs is 3. The molecule has 106 valence electrons. The van der Waals surface area contributed by atoms with E-state index in [0.29, 0.717) is 23.3 Å². The summed E-state index contributed by atoms with van der Waals surface area (Å²) in [7, 11) is 0. The van der Waals surface area contributed by atoms with Gasteiger partial charge in [-0.05, 0) is 35.2 Å².